The van der Waals surface area contributed by atoms with Gasteiger partial charge in [-0.15, -0.1) is 23.7 Å². The van der Waals surface area contributed by atoms with Crippen molar-refractivity contribution in [2.45, 2.75) is 26.2 Å². The molecule has 2 rings (SSSR count). The van der Waals surface area contributed by atoms with Crippen LogP contribution in [-0.2, 0) is 6.42 Å². The molecular formula is C12H18ClN3S. The Bertz CT molecular complexity index is 352. The number of halogens is 1. The number of anilines is 1. The van der Waals surface area contributed by atoms with E-state index in [0.29, 0.717) is 5.13 Å². The van der Waals surface area contributed by atoms with Gasteiger partial charge in [-0.1, -0.05) is 19.4 Å². The van der Waals surface area contributed by atoms with Crippen LogP contribution in [0.15, 0.2) is 36.0 Å². The highest BCUT2D eigenvalue weighted by atomic mass is 35.5. The topological polar surface area (TPSA) is 51.8 Å². The Morgan fingerprint density at radius 1 is 1.24 bits per heavy atom. The molecule has 5 heteroatoms. The summed E-state index contributed by atoms with van der Waals surface area (Å²) in [5, 5.41) is 2.72. The van der Waals surface area contributed by atoms with E-state index in [0.717, 1.165) is 12.1 Å². The van der Waals surface area contributed by atoms with Gasteiger partial charge in [-0.05, 0) is 25.0 Å². The maximum Gasteiger partial charge on any atom is 0.180 e. The molecular weight excluding hydrogens is 254 g/mol. The first-order valence-electron chi connectivity index (χ1n) is 5.37. The van der Waals surface area contributed by atoms with Gasteiger partial charge in [-0.25, -0.2) is 4.98 Å². The lowest BCUT2D eigenvalue weighted by atomic mass is 10.2. The second-order valence-corrected chi connectivity index (χ2v) is 4.19. The molecule has 0 bridgehead atoms. The minimum Gasteiger partial charge on any atom is -0.375 e. The number of pyridine rings is 1. The molecule has 2 heterocycles. The van der Waals surface area contributed by atoms with Gasteiger partial charge in [-0.2, -0.15) is 0 Å². The monoisotopic (exact) mass is 271 g/mol. The van der Waals surface area contributed by atoms with Crippen molar-refractivity contribution >= 4 is 28.9 Å². The van der Waals surface area contributed by atoms with Crippen molar-refractivity contribution in [2.24, 2.45) is 0 Å². The minimum atomic E-state index is 0. The maximum absolute atomic E-state index is 5.46. The largest absolute Gasteiger partial charge is 0.375 e. The second kappa shape index (κ2) is 10.1. The van der Waals surface area contributed by atoms with E-state index in [1.807, 2.05) is 23.6 Å². The molecule has 2 aromatic heterocycles. The summed E-state index contributed by atoms with van der Waals surface area (Å²) in [6.45, 7) is 2.18. The molecule has 0 atom stereocenters. The highest BCUT2D eigenvalue weighted by Gasteiger charge is 1.95. The summed E-state index contributed by atoms with van der Waals surface area (Å²) < 4.78 is 0. The zero-order valence-corrected chi connectivity index (χ0v) is 11.5. The molecule has 0 aromatic carbocycles. The summed E-state index contributed by atoms with van der Waals surface area (Å²) in [7, 11) is 0. The molecule has 0 aliphatic carbocycles. The molecule has 0 fully saturated rings. The maximum atomic E-state index is 5.46. The molecule has 0 aliphatic rings. The van der Waals surface area contributed by atoms with Gasteiger partial charge >= 0.3 is 0 Å². The van der Waals surface area contributed by atoms with E-state index in [4.69, 9.17) is 5.73 Å². The first-order chi connectivity index (χ1) is 7.83. The van der Waals surface area contributed by atoms with E-state index in [1.54, 1.807) is 12.4 Å². The van der Waals surface area contributed by atoms with E-state index >= 15 is 0 Å². The Morgan fingerprint density at radius 3 is 2.29 bits per heavy atom. The molecule has 0 saturated carbocycles. The van der Waals surface area contributed by atoms with E-state index in [9.17, 15) is 0 Å². The van der Waals surface area contributed by atoms with Crippen molar-refractivity contribution in [1.29, 1.82) is 0 Å². The van der Waals surface area contributed by atoms with Crippen molar-refractivity contribution in [3.05, 3.63) is 41.7 Å². The minimum absolute atomic E-state index is 0. The van der Waals surface area contributed by atoms with Crippen LogP contribution >= 0.6 is 23.7 Å². The first kappa shape index (κ1) is 15.9. The second-order valence-electron chi connectivity index (χ2n) is 3.31. The molecule has 3 nitrogen and oxygen atoms in total. The molecule has 0 unspecified atom stereocenters. The molecule has 0 spiro atoms. The number of nitrogens with two attached hydrogens (primary N) is 1. The van der Waals surface area contributed by atoms with Crippen LogP contribution in [0.4, 0.5) is 5.13 Å². The van der Waals surface area contributed by atoms with Gasteiger partial charge in [0.05, 0.1) is 5.69 Å². The predicted molar refractivity (Wildman–Crippen MR) is 76.6 cm³/mol. The van der Waals surface area contributed by atoms with E-state index in [-0.39, 0.29) is 12.4 Å². The summed E-state index contributed by atoms with van der Waals surface area (Å²) in [4.78, 5) is 7.93. The standard InChI is InChI=1S/C7H12N2S.C5H5N.ClH/c1-2-3-4-6-5-10-7(8)9-6;1-2-4-6-5-3-1;/h5H,2-4H2,1H3,(H2,8,9);1-5H;1H. The summed E-state index contributed by atoms with van der Waals surface area (Å²) in [5.41, 5.74) is 6.60. The van der Waals surface area contributed by atoms with E-state index < -0.39 is 0 Å². The number of nitrogen functional groups attached to an aromatic ring is 1. The van der Waals surface area contributed by atoms with E-state index in [2.05, 4.69) is 16.9 Å². The van der Waals surface area contributed by atoms with Gasteiger partial charge in [0.15, 0.2) is 5.13 Å². The van der Waals surface area contributed by atoms with Gasteiger partial charge < -0.3 is 5.73 Å². The highest BCUT2D eigenvalue weighted by molar-refractivity contribution is 7.13. The van der Waals surface area contributed by atoms with Crippen LogP contribution in [0.25, 0.3) is 0 Å². The van der Waals surface area contributed by atoms with Gasteiger partial charge in [0.25, 0.3) is 0 Å². The van der Waals surface area contributed by atoms with Gasteiger partial charge in [0.2, 0.25) is 0 Å². The Hall–Kier alpha value is -1.13. The third-order valence-electron chi connectivity index (χ3n) is 1.92. The molecule has 0 saturated heterocycles. The highest BCUT2D eigenvalue weighted by Crippen LogP contribution is 2.12. The van der Waals surface area contributed by atoms with Crippen LogP contribution in [0.2, 0.25) is 0 Å². The van der Waals surface area contributed by atoms with Crippen molar-refractivity contribution in [2.75, 3.05) is 5.73 Å². The van der Waals surface area contributed by atoms with Crippen molar-refractivity contribution in [3.8, 4) is 0 Å². The van der Waals surface area contributed by atoms with Gasteiger partial charge in [0, 0.05) is 17.8 Å². The Kier molecular flexibility index (Phi) is 9.38. The zero-order chi connectivity index (χ0) is 11.6. The van der Waals surface area contributed by atoms with Crippen LogP contribution in [0.3, 0.4) is 0 Å². The fourth-order valence-electron chi connectivity index (χ4n) is 1.11. The molecule has 0 aliphatic heterocycles. The number of aryl methyl sites for hydroxylation is 1. The van der Waals surface area contributed by atoms with Crippen molar-refractivity contribution in [3.63, 3.8) is 0 Å². The third kappa shape index (κ3) is 7.71. The molecule has 0 amide bonds. The van der Waals surface area contributed by atoms with Crippen molar-refractivity contribution < 1.29 is 0 Å². The van der Waals surface area contributed by atoms with Crippen LogP contribution in [0.5, 0.6) is 0 Å². The summed E-state index contributed by atoms with van der Waals surface area (Å²) >= 11 is 1.52. The Morgan fingerprint density at radius 2 is 1.94 bits per heavy atom. The lowest BCUT2D eigenvalue weighted by molar-refractivity contribution is 0.782. The van der Waals surface area contributed by atoms with Gasteiger partial charge in [-0.3, -0.25) is 4.98 Å². The molecule has 94 valence electrons. The lowest BCUT2D eigenvalue weighted by Gasteiger charge is -1.90. The number of nitrogens with zero attached hydrogens (tertiary/aromatic N) is 2. The summed E-state index contributed by atoms with van der Waals surface area (Å²) in [5.74, 6) is 0. The predicted octanol–water partition coefficient (Wildman–Crippen LogP) is 3.57. The fourth-order valence-corrected chi connectivity index (χ4v) is 1.71. The Labute approximate surface area is 113 Å². The van der Waals surface area contributed by atoms with Crippen LogP contribution in [0.1, 0.15) is 25.5 Å². The number of rotatable bonds is 3. The first-order valence-corrected chi connectivity index (χ1v) is 6.25. The van der Waals surface area contributed by atoms with Crippen molar-refractivity contribution in [1.82, 2.24) is 9.97 Å². The van der Waals surface area contributed by atoms with E-state index in [1.165, 1.54) is 24.2 Å². The number of aromatic nitrogens is 2. The number of hydrogen-bond donors (Lipinski definition) is 1. The average molecular weight is 272 g/mol. The third-order valence-corrected chi connectivity index (χ3v) is 2.65. The molecule has 0 radical (unpaired) electrons. The molecule has 17 heavy (non-hydrogen) atoms. The molecule has 2 N–H and O–H groups in total. The molecule has 2 aromatic rings. The van der Waals surface area contributed by atoms with Crippen LogP contribution < -0.4 is 5.73 Å². The SMILES string of the molecule is CCCCc1csc(N)n1.Cl.c1ccncc1. The quantitative estimate of drug-likeness (QED) is 0.928. The summed E-state index contributed by atoms with van der Waals surface area (Å²) in [6, 6.07) is 5.72. The average Bonchev–Trinajstić information content (AvgIpc) is 2.76. The van der Waals surface area contributed by atoms with Crippen LogP contribution in [-0.4, -0.2) is 9.97 Å². The fraction of sp³-hybridized carbons (Fsp3) is 0.333. The normalized spacial score (nSPS) is 8.76. The van der Waals surface area contributed by atoms with Crippen LogP contribution in [0, 0.1) is 0 Å². The smallest absolute Gasteiger partial charge is 0.180 e. The number of thiazole rings is 1. The number of unbranched alkanes of at least 4 members (excludes halogenated alkanes) is 1. The summed E-state index contributed by atoms with van der Waals surface area (Å²) in [6.07, 6.45) is 7.00. The zero-order valence-electron chi connectivity index (χ0n) is 9.87. The number of hydrogen-bond acceptors (Lipinski definition) is 4. The Balaban J connectivity index is 0.000000316. The lowest BCUT2D eigenvalue weighted by Crippen LogP contribution is -1.86. The van der Waals surface area contributed by atoms with Gasteiger partial charge in [0.1, 0.15) is 0 Å².